The Morgan fingerprint density at radius 2 is 1.95 bits per heavy atom. The molecule has 0 unspecified atom stereocenters. The van der Waals surface area contributed by atoms with Gasteiger partial charge in [0.1, 0.15) is 17.8 Å². The number of nitro groups is 1. The quantitative estimate of drug-likeness (QED) is 0.140. The zero-order valence-corrected chi connectivity index (χ0v) is 21.9. The van der Waals surface area contributed by atoms with Crippen molar-refractivity contribution in [2.75, 3.05) is 0 Å². The molecule has 0 N–H and O–H groups in total. The number of ether oxygens (including phenoxy) is 1. The van der Waals surface area contributed by atoms with Gasteiger partial charge in [0.2, 0.25) is 5.88 Å². The molecule has 0 aliphatic heterocycles. The van der Waals surface area contributed by atoms with Crippen molar-refractivity contribution >= 4 is 50.3 Å². The smallest absolute Gasteiger partial charge is 0.287 e. The van der Waals surface area contributed by atoms with E-state index in [0.717, 1.165) is 36.4 Å². The molecule has 2 aromatic carbocycles. The SMILES string of the molecule is O=c1c2cc(Br)ccc2nc(C2CCCCC2)n1N=Cc1cc(Cl)ccc1Oc1ccc([N+](=O)[O-])cn1. The fourth-order valence-corrected chi connectivity index (χ4v) is 4.93. The summed E-state index contributed by atoms with van der Waals surface area (Å²) >= 11 is 9.68. The van der Waals surface area contributed by atoms with Crippen molar-refractivity contribution in [2.45, 2.75) is 38.0 Å². The van der Waals surface area contributed by atoms with Crippen molar-refractivity contribution in [2.24, 2.45) is 5.10 Å². The molecule has 4 aromatic rings. The zero-order chi connectivity index (χ0) is 25.9. The Morgan fingerprint density at radius 1 is 1.14 bits per heavy atom. The van der Waals surface area contributed by atoms with Gasteiger partial charge in [0, 0.05) is 33.1 Å². The number of aromatic nitrogens is 3. The van der Waals surface area contributed by atoms with Crippen molar-refractivity contribution in [3.63, 3.8) is 0 Å². The highest BCUT2D eigenvalue weighted by molar-refractivity contribution is 9.10. The van der Waals surface area contributed by atoms with Crippen LogP contribution in [0.15, 0.2) is 69.1 Å². The van der Waals surface area contributed by atoms with Gasteiger partial charge in [0.05, 0.1) is 22.0 Å². The lowest BCUT2D eigenvalue weighted by Gasteiger charge is -2.22. The maximum Gasteiger partial charge on any atom is 0.287 e. The number of hydrogen-bond donors (Lipinski definition) is 0. The molecular formula is C26H21BrClN5O4. The van der Waals surface area contributed by atoms with Gasteiger partial charge < -0.3 is 4.74 Å². The average molecular weight is 583 g/mol. The fourth-order valence-electron chi connectivity index (χ4n) is 4.39. The molecule has 2 aromatic heterocycles. The number of pyridine rings is 1. The molecule has 2 heterocycles. The van der Waals surface area contributed by atoms with Crippen LogP contribution in [0.25, 0.3) is 10.9 Å². The third kappa shape index (κ3) is 5.55. The number of benzene rings is 2. The minimum atomic E-state index is -0.533. The van der Waals surface area contributed by atoms with E-state index < -0.39 is 4.92 Å². The van der Waals surface area contributed by atoms with E-state index in [1.54, 1.807) is 24.3 Å². The van der Waals surface area contributed by atoms with Crippen LogP contribution in [0.1, 0.15) is 49.4 Å². The van der Waals surface area contributed by atoms with E-state index in [1.165, 1.54) is 29.4 Å². The van der Waals surface area contributed by atoms with E-state index in [-0.39, 0.29) is 23.0 Å². The maximum atomic E-state index is 13.6. The molecule has 11 heteroatoms. The Kier molecular flexibility index (Phi) is 7.29. The zero-order valence-electron chi connectivity index (χ0n) is 19.5. The van der Waals surface area contributed by atoms with E-state index >= 15 is 0 Å². The summed E-state index contributed by atoms with van der Waals surface area (Å²) in [4.78, 5) is 32.8. The lowest BCUT2D eigenvalue weighted by atomic mass is 9.88. The maximum absolute atomic E-state index is 13.6. The van der Waals surface area contributed by atoms with E-state index in [0.29, 0.717) is 33.1 Å². The summed E-state index contributed by atoms with van der Waals surface area (Å²) < 4.78 is 8.01. The molecule has 1 fully saturated rings. The van der Waals surface area contributed by atoms with Crippen LogP contribution in [0.3, 0.4) is 0 Å². The standard InChI is InChI=1S/C26H21BrClN5O4/c27-18-6-9-22-21(13-18)26(34)32(25(31-22)16-4-2-1-3-5-16)30-14-17-12-19(28)7-10-23(17)37-24-11-8-20(15-29-24)33(35)36/h6-16H,1-5H2. The van der Waals surface area contributed by atoms with Gasteiger partial charge in [-0.2, -0.15) is 9.78 Å². The van der Waals surface area contributed by atoms with E-state index in [9.17, 15) is 14.9 Å². The van der Waals surface area contributed by atoms with Crippen LogP contribution in [-0.2, 0) is 0 Å². The number of nitrogens with zero attached hydrogens (tertiary/aromatic N) is 5. The molecule has 0 amide bonds. The van der Waals surface area contributed by atoms with Gasteiger partial charge in [0.15, 0.2) is 0 Å². The van der Waals surface area contributed by atoms with E-state index in [1.807, 2.05) is 12.1 Å². The number of rotatable bonds is 6. The van der Waals surface area contributed by atoms with Gasteiger partial charge in [-0.15, -0.1) is 0 Å². The molecule has 1 aliphatic carbocycles. The summed E-state index contributed by atoms with van der Waals surface area (Å²) in [6, 6.07) is 13.1. The predicted molar refractivity (Wildman–Crippen MR) is 145 cm³/mol. The van der Waals surface area contributed by atoms with Crippen molar-refractivity contribution in [1.29, 1.82) is 0 Å². The molecule has 1 aliphatic rings. The molecule has 37 heavy (non-hydrogen) atoms. The largest absolute Gasteiger partial charge is 0.438 e. The summed E-state index contributed by atoms with van der Waals surface area (Å²) in [6.07, 6.45) is 7.85. The van der Waals surface area contributed by atoms with Gasteiger partial charge in [-0.3, -0.25) is 14.9 Å². The molecule has 1 saturated carbocycles. The van der Waals surface area contributed by atoms with Gasteiger partial charge in [-0.1, -0.05) is 46.8 Å². The highest BCUT2D eigenvalue weighted by Gasteiger charge is 2.22. The number of hydrogen-bond acceptors (Lipinski definition) is 7. The van der Waals surface area contributed by atoms with Crippen LogP contribution < -0.4 is 10.3 Å². The molecule has 0 spiro atoms. The molecule has 0 saturated heterocycles. The molecule has 0 atom stereocenters. The molecule has 0 bridgehead atoms. The van der Waals surface area contributed by atoms with Crippen molar-refractivity contribution in [3.8, 4) is 11.6 Å². The van der Waals surface area contributed by atoms with Gasteiger partial charge in [0.25, 0.3) is 11.2 Å². The Labute approximate surface area is 225 Å². The van der Waals surface area contributed by atoms with Crippen molar-refractivity contribution < 1.29 is 9.66 Å². The molecule has 9 nitrogen and oxygen atoms in total. The van der Waals surface area contributed by atoms with Crippen LogP contribution in [0.2, 0.25) is 5.02 Å². The minimum Gasteiger partial charge on any atom is -0.438 e. The first-order valence-corrected chi connectivity index (χ1v) is 12.9. The second-order valence-corrected chi connectivity index (χ2v) is 10.1. The normalized spacial score (nSPS) is 14.3. The first kappa shape index (κ1) is 25.0. The second kappa shape index (κ2) is 10.8. The Hall–Kier alpha value is -3.63. The molecule has 5 rings (SSSR count). The Balaban J connectivity index is 1.56. The van der Waals surface area contributed by atoms with Gasteiger partial charge in [-0.25, -0.2) is 9.97 Å². The average Bonchev–Trinajstić information content (AvgIpc) is 2.90. The summed E-state index contributed by atoms with van der Waals surface area (Å²) in [5.74, 6) is 1.31. The monoisotopic (exact) mass is 581 g/mol. The highest BCUT2D eigenvalue weighted by Crippen LogP contribution is 2.32. The Morgan fingerprint density at radius 3 is 2.68 bits per heavy atom. The highest BCUT2D eigenvalue weighted by atomic mass is 79.9. The summed E-state index contributed by atoms with van der Waals surface area (Å²) in [7, 11) is 0. The minimum absolute atomic E-state index is 0.131. The van der Waals surface area contributed by atoms with Gasteiger partial charge >= 0.3 is 0 Å². The topological polar surface area (TPSA) is 113 Å². The van der Waals surface area contributed by atoms with Crippen LogP contribution in [-0.4, -0.2) is 25.8 Å². The second-order valence-electron chi connectivity index (χ2n) is 8.72. The molecule has 188 valence electrons. The van der Waals surface area contributed by atoms with Crippen LogP contribution in [0.5, 0.6) is 11.6 Å². The summed E-state index contributed by atoms with van der Waals surface area (Å²) in [5.41, 5.74) is 0.736. The fraction of sp³-hybridized carbons (Fsp3) is 0.231. The first-order chi connectivity index (χ1) is 17.9. The van der Waals surface area contributed by atoms with Gasteiger partial charge in [-0.05, 0) is 49.2 Å². The number of fused-ring (bicyclic) bond motifs is 1. The predicted octanol–water partition coefficient (Wildman–Crippen LogP) is 6.84. The molecule has 0 radical (unpaired) electrons. The molecular weight excluding hydrogens is 562 g/mol. The van der Waals surface area contributed by atoms with Crippen LogP contribution >= 0.6 is 27.5 Å². The van der Waals surface area contributed by atoms with Crippen molar-refractivity contribution in [1.82, 2.24) is 14.6 Å². The lowest BCUT2D eigenvalue weighted by molar-refractivity contribution is -0.385. The third-order valence-electron chi connectivity index (χ3n) is 6.23. The van der Waals surface area contributed by atoms with E-state index in [4.69, 9.17) is 21.3 Å². The summed E-state index contributed by atoms with van der Waals surface area (Å²) in [6.45, 7) is 0. The first-order valence-electron chi connectivity index (χ1n) is 11.7. The van der Waals surface area contributed by atoms with Crippen LogP contribution in [0.4, 0.5) is 5.69 Å². The van der Waals surface area contributed by atoms with E-state index in [2.05, 4.69) is 26.0 Å². The lowest BCUT2D eigenvalue weighted by Crippen LogP contribution is -2.25. The van der Waals surface area contributed by atoms with Crippen LogP contribution in [0, 0.1) is 10.1 Å². The van der Waals surface area contributed by atoms with Crippen molar-refractivity contribution in [3.05, 3.63) is 96.1 Å². The third-order valence-corrected chi connectivity index (χ3v) is 6.96. The summed E-state index contributed by atoms with van der Waals surface area (Å²) in [5, 5.41) is 16.4. The number of halogens is 2. The Bertz CT molecular complexity index is 1570.